The molecule has 0 saturated carbocycles. The van der Waals surface area contributed by atoms with Gasteiger partial charge in [0.25, 0.3) is 5.91 Å². The average molecular weight is 290 g/mol. The molecule has 0 aromatic carbocycles. The van der Waals surface area contributed by atoms with Crippen molar-refractivity contribution in [3.63, 3.8) is 0 Å². The predicted molar refractivity (Wildman–Crippen MR) is 80.3 cm³/mol. The smallest absolute Gasteiger partial charge is 0.270 e. The van der Waals surface area contributed by atoms with Crippen molar-refractivity contribution in [3.8, 4) is 0 Å². The molecule has 2 heterocycles. The van der Waals surface area contributed by atoms with Crippen LogP contribution in [0.5, 0.6) is 0 Å². The molecule has 1 N–H and O–H groups in total. The van der Waals surface area contributed by atoms with Gasteiger partial charge in [0, 0.05) is 16.8 Å². The summed E-state index contributed by atoms with van der Waals surface area (Å²) in [7, 11) is 0. The first-order valence-corrected chi connectivity index (χ1v) is 7.23. The molecule has 1 amide bonds. The predicted octanol–water partition coefficient (Wildman–Crippen LogP) is 3.10. The van der Waals surface area contributed by atoms with Gasteiger partial charge >= 0.3 is 0 Å². The van der Waals surface area contributed by atoms with Gasteiger partial charge in [0.2, 0.25) is 5.95 Å². The monoisotopic (exact) mass is 290 g/mol. The van der Waals surface area contributed by atoms with E-state index >= 15 is 0 Å². The molecule has 106 valence electrons. The molecule has 2 aromatic heterocycles. The van der Waals surface area contributed by atoms with Crippen molar-refractivity contribution >= 4 is 23.2 Å². The largest absolute Gasteiger partial charge is 0.290 e. The van der Waals surface area contributed by atoms with Crippen LogP contribution in [0.3, 0.4) is 0 Å². The van der Waals surface area contributed by atoms with Gasteiger partial charge in [-0.15, -0.1) is 11.3 Å². The van der Waals surface area contributed by atoms with E-state index in [4.69, 9.17) is 0 Å². The summed E-state index contributed by atoms with van der Waals surface area (Å²) in [6.07, 6.45) is 0. The van der Waals surface area contributed by atoms with E-state index < -0.39 is 0 Å². The fraction of sp³-hybridized carbons (Fsp3) is 0.429. The lowest BCUT2D eigenvalue weighted by atomic mass is 9.91. The molecule has 0 aliphatic carbocycles. The second-order valence-corrected chi connectivity index (χ2v) is 6.56. The van der Waals surface area contributed by atoms with Crippen LogP contribution in [0.25, 0.3) is 0 Å². The first-order valence-electron chi connectivity index (χ1n) is 6.35. The Kier molecular flexibility index (Phi) is 3.85. The van der Waals surface area contributed by atoms with Crippen LogP contribution in [0.2, 0.25) is 0 Å². The summed E-state index contributed by atoms with van der Waals surface area (Å²) >= 11 is 1.33. The molecule has 2 aromatic rings. The molecule has 0 saturated heterocycles. The zero-order valence-electron chi connectivity index (χ0n) is 12.3. The normalized spacial score (nSPS) is 11.4. The Labute approximate surface area is 122 Å². The van der Waals surface area contributed by atoms with Crippen molar-refractivity contribution in [3.05, 3.63) is 33.5 Å². The summed E-state index contributed by atoms with van der Waals surface area (Å²) in [5.74, 6) is 0.128. The van der Waals surface area contributed by atoms with Gasteiger partial charge in [0.05, 0.1) is 11.2 Å². The minimum atomic E-state index is -0.206. The Morgan fingerprint density at radius 1 is 1.20 bits per heavy atom. The summed E-state index contributed by atoms with van der Waals surface area (Å²) in [6.45, 7) is 9.85. The van der Waals surface area contributed by atoms with Gasteiger partial charge in [-0.25, -0.2) is 15.0 Å². The van der Waals surface area contributed by atoms with Crippen LogP contribution in [0, 0.1) is 13.8 Å². The third kappa shape index (κ3) is 3.19. The molecule has 0 atom stereocenters. The van der Waals surface area contributed by atoms with Crippen molar-refractivity contribution in [2.24, 2.45) is 0 Å². The van der Waals surface area contributed by atoms with Crippen LogP contribution in [-0.4, -0.2) is 20.9 Å². The maximum atomic E-state index is 12.3. The molecule has 5 nitrogen and oxygen atoms in total. The third-order valence-electron chi connectivity index (χ3n) is 2.69. The van der Waals surface area contributed by atoms with Gasteiger partial charge < -0.3 is 0 Å². The number of anilines is 1. The zero-order valence-corrected chi connectivity index (χ0v) is 13.1. The first kappa shape index (κ1) is 14.6. The molecule has 0 aliphatic heterocycles. The first-order chi connectivity index (χ1) is 9.27. The Balaban J connectivity index is 2.27. The molecule has 0 radical (unpaired) electrons. The number of rotatable bonds is 2. The van der Waals surface area contributed by atoms with Crippen molar-refractivity contribution in [1.29, 1.82) is 0 Å². The Bertz CT molecular complexity index is 623. The maximum Gasteiger partial charge on any atom is 0.270 e. The molecule has 0 bridgehead atoms. The fourth-order valence-electron chi connectivity index (χ4n) is 1.88. The van der Waals surface area contributed by atoms with Crippen molar-refractivity contribution in [2.75, 3.05) is 5.32 Å². The second kappa shape index (κ2) is 5.28. The summed E-state index contributed by atoms with van der Waals surface area (Å²) < 4.78 is 0. The Hall–Kier alpha value is -1.82. The lowest BCUT2D eigenvalue weighted by Crippen LogP contribution is -2.20. The average Bonchev–Trinajstić information content (AvgIpc) is 2.75. The van der Waals surface area contributed by atoms with E-state index in [1.807, 2.05) is 40.7 Å². The molecular formula is C14H18N4OS. The molecule has 0 fully saturated rings. The molecule has 2 rings (SSSR count). The highest BCUT2D eigenvalue weighted by atomic mass is 32.1. The number of amides is 1. The number of nitrogens with one attached hydrogen (secondary N) is 1. The standard InChI is InChI=1S/C14H18N4OS/c1-8-6-9(2)17-13(16-8)18-12(19)10-11(14(3,4)5)15-7-20-10/h6-7H,1-5H3,(H,16,17,18,19). The number of carbonyl (C=O) groups is 1. The van der Waals surface area contributed by atoms with E-state index in [0.717, 1.165) is 17.1 Å². The van der Waals surface area contributed by atoms with Crippen molar-refractivity contribution in [1.82, 2.24) is 15.0 Å². The molecule has 0 aliphatic rings. The highest BCUT2D eigenvalue weighted by molar-refractivity contribution is 7.12. The number of aromatic nitrogens is 3. The molecule has 6 heteroatoms. The van der Waals surface area contributed by atoms with Gasteiger partial charge in [-0.2, -0.15) is 0 Å². The molecule has 0 spiro atoms. The van der Waals surface area contributed by atoms with Crippen LogP contribution in [0.1, 0.15) is 47.5 Å². The van der Waals surface area contributed by atoms with Crippen LogP contribution in [-0.2, 0) is 5.41 Å². The van der Waals surface area contributed by atoms with E-state index in [1.165, 1.54) is 11.3 Å². The molecular weight excluding hydrogens is 272 g/mol. The molecule has 20 heavy (non-hydrogen) atoms. The highest BCUT2D eigenvalue weighted by Gasteiger charge is 2.25. The summed E-state index contributed by atoms with van der Waals surface area (Å²) in [6, 6.07) is 1.86. The van der Waals surface area contributed by atoms with Crippen LogP contribution >= 0.6 is 11.3 Å². The van der Waals surface area contributed by atoms with Crippen molar-refractivity contribution in [2.45, 2.75) is 40.0 Å². The molecule has 0 unspecified atom stereocenters. The van der Waals surface area contributed by atoms with E-state index in [9.17, 15) is 4.79 Å². The van der Waals surface area contributed by atoms with E-state index in [0.29, 0.717) is 10.8 Å². The third-order valence-corrected chi connectivity index (χ3v) is 3.52. The number of carbonyl (C=O) groups excluding carboxylic acids is 1. The number of hydrogen-bond acceptors (Lipinski definition) is 5. The van der Waals surface area contributed by atoms with E-state index in [-0.39, 0.29) is 11.3 Å². The van der Waals surface area contributed by atoms with Crippen LogP contribution < -0.4 is 5.32 Å². The zero-order chi connectivity index (χ0) is 14.9. The summed E-state index contributed by atoms with van der Waals surface area (Å²) in [5, 5.41) is 2.75. The van der Waals surface area contributed by atoms with Crippen molar-refractivity contribution < 1.29 is 4.79 Å². The van der Waals surface area contributed by atoms with Gasteiger partial charge in [0.1, 0.15) is 4.88 Å². The fourth-order valence-corrected chi connectivity index (χ4v) is 2.77. The van der Waals surface area contributed by atoms with Crippen LogP contribution in [0.4, 0.5) is 5.95 Å². The van der Waals surface area contributed by atoms with Crippen LogP contribution in [0.15, 0.2) is 11.6 Å². The lowest BCUT2D eigenvalue weighted by molar-refractivity contribution is 0.102. The van der Waals surface area contributed by atoms with E-state index in [2.05, 4.69) is 20.3 Å². The topological polar surface area (TPSA) is 67.8 Å². The lowest BCUT2D eigenvalue weighted by Gasteiger charge is -2.17. The summed E-state index contributed by atoms with van der Waals surface area (Å²) in [4.78, 5) is 25.7. The SMILES string of the molecule is Cc1cc(C)nc(NC(=O)c2scnc2C(C)(C)C)n1. The number of nitrogens with zero attached hydrogens (tertiary/aromatic N) is 3. The minimum absolute atomic E-state index is 0.171. The Morgan fingerprint density at radius 2 is 1.80 bits per heavy atom. The summed E-state index contributed by atoms with van der Waals surface area (Å²) in [5.41, 5.74) is 3.97. The van der Waals surface area contributed by atoms with Gasteiger partial charge in [-0.3, -0.25) is 10.1 Å². The number of aryl methyl sites for hydroxylation is 2. The number of thiazole rings is 1. The van der Waals surface area contributed by atoms with Gasteiger partial charge in [-0.05, 0) is 19.9 Å². The van der Waals surface area contributed by atoms with E-state index in [1.54, 1.807) is 5.51 Å². The second-order valence-electron chi connectivity index (χ2n) is 5.71. The maximum absolute atomic E-state index is 12.3. The van der Waals surface area contributed by atoms with Gasteiger partial charge in [0.15, 0.2) is 0 Å². The van der Waals surface area contributed by atoms with Gasteiger partial charge in [-0.1, -0.05) is 20.8 Å². The quantitative estimate of drug-likeness (QED) is 0.922. The number of hydrogen-bond donors (Lipinski definition) is 1. The highest BCUT2D eigenvalue weighted by Crippen LogP contribution is 2.27. The minimum Gasteiger partial charge on any atom is -0.290 e. The Morgan fingerprint density at radius 3 is 2.35 bits per heavy atom.